The van der Waals surface area contributed by atoms with Crippen molar-refractivity contribution in [3.8, 4) is 11.8 Å². The second-order valence-corrected chi connectivity index (χ2v) is 5.30. The molecule has 0 saturated heterocycles. The third-order valence-electron chi connectivity index (χ3n) is 2.66. The van der Waals surface area contributed by atoms with Crippen LogP contribution in [0.1, 0.15) is 16.0 Å². The van der Waals surface area contributed by atoms with Crippen molar-refractivity contribution in [3.63, 3.8) is 0 Å². The maximum absolute atomic E-state index is 5.41. The van der Waals surface area contributed by atoms with Crippen molar-refractivity contribution < 1.29 is 0 Å². The normalized spacial score (nSPS) is 10.3. The number of hydrogen-bond donors (Lipinski definition) is 1. The number of rotatable bonds is 4. The van der Waals surface area contributed by atoms with Crippen molar-refractivity contribution >= 4 is 11.3 Å². The molecule has 0 amide bonds. The number of pyridine rings is 1. The van der Waals surface area contributed by atoms with Crippen LogP contribution >= 0.6 is 11.3 Å². The van der Waals surface area contributed by atoms with Gasteiger partial charge in [0, 0.05) is 35.9 Å². The molecule has 0 aliphatic rings. The summed E-state index contributed by atoms with van der Waals surface area (Å²) >= 11 is 1.74. The first-order chi connectivity index (χ1) is 9.29. The van der Waals surface area contributed by atoms with Crippen LogP contribution in [0.15, 0.2) is 36.0 Å². The number of nitrogens with two attached hydrogens (primary N) is 1. The molecule has 0 saturated carbocycles. The van der Waals surface area contributed by atoms with E-state index in [0.717, 1.165) is 18.7 Å². The smallest absolute Gasteiger partial charge is 0.0555 e. The second kappa shape index (κ2) is 7.05. The van der Waals surface area contributed by atoms with Crippen LogP contribution in [0, 0.1) is 11.8 Å². The van der Waals surface area contributed by atoms with E-state index >= 15 is 0 Å². The lowest BCUT2D eigenvalue weighted by molar-refractivity contribution is 0.321. The Hall–Kier alpha value is -1.67. The third kappa shape index (κ3) is 4.18. The van der Waals surface area contributed by atoms with Gasteiger partial charge in [0.2, 0.25) is 0 Å². The molecular weight excluding hydrogens is 254 g/mol. The highest BCUT2D eigenvalue weighted by atomic mass is 32.1. The Morgan fingerprint density at radius 3 is 3.00 bits per heavy atom. The molecule has 2 heterocycles. The Labute approximate surface area is 118 Å². The first-order valence-corrected chi connectivity index (χ1v) is 7.00. The zero-order valence-electron chi connectivity index (χ0n) is 11.0. The molecule has 0 fully saturated rings. The minimum absolute atomic E-state index is 0.404. The molecule has 98 valence electrons. The van der Waals surface area contributed by atoms with E-state index in [0.29, 0.717) is 6.54 Å². The van der Waals surface area contributed by atoms with Crippen LogP contribution in [0.4, 0.5) is 0 Å². The zero-order valence-corrected chi connectivity index (χ0v) is 11.8. The van der Waals surface area contributed by atoms with Crippen LogP contribution in [-0.2, 0) is 13.1 Å². The summed E-state index contributed by atoms with van der Waals surface area (Å²) in [6.07, 6.45) is 3.70. The molecule has 4 heteroatoms. The Morgan fingerprint density at radius 1 is 1.37 bits per heavy atom. The highest BCUT2D eigenvalue weighted by Crippen LogP contribution is 2.18. The lowest BCUT2D eigenvalue weighted by Gasteiger charge is -2.15. The number of nitrogens with zero attached hydrogens (tertiary/aromatic N) is 2. The highest BCUT2D eigenvalue weighted by Gasteiger charge is 2.06. The molecule has 0 aromatic carbocycles. The van der Waals surface area contributed by atoms with E-state index in [4.69, 9.17) is 5.73 Å². The fraction of sp³-hybridized carbons (Fsp3) is 0.267. The monoisotopic (exact) mass is 271 g/mol. The Kier molecular flexibility index (Phi) is 5.10. The van der Waals surface area contributed by atoms with Gasteiger partial charge in [0.15, 0.2) is 0 Å². The van der Waals surface area contributed by atoms with Gasteiger partial charge < -0.3 is 5.73 Å². The fourth-order valence-corrected chi connectivity index (χ4v) is 2.73. The van der Waals surface area contributed by atoms with Gasteiger partial charge in [-0.05, 0) is 30.1 Å². The summed E-state index contributed by atoms with van der Waals surface area (Å²) in [6, 6.07) is 6.11. The fourth-order valence-electron chi connectivity index (χ4n) is 1.83. The largest absolute Gasteiger partial charge is 0.320 e. The molecule has 0 bridgehead atoms. The van der Waals surface area contributed by atoms with Crippen LogP contribution in [0.3, 0.4) is 0 Å². The van der Waals surface area contributed by atoms with Gasteiger partial charge in [-0.25, -0.2) is 0 Å². The Balaban J connectivity index is 1.99. The minimum Gasteiger partial charge on any atom is -0.320 e. The summed E-state index contributed by atoms with van der Waals surface area (Å²) in [5, 5.41) is 2.08. The lowest BCUT2D eigenvalue weighted by Crippen LogP contribution is -2.17. The first-order valence-electron chi connectivity index (χ1n) is 6.12. The number of aromatic nitrogens is 1. The Morgan fingerprint density at radius 2 is 2.26 bits per heavy atom. The van der Waals surface area contributed by atoms with Gasteiger partial charge in [-0.15, -0.1) is 11.3 Å². The molecule has 3 nitrogen and oxygen atoms in total. The van der Waals surface area contributed by atoms with Crippen LogP contribution in [0.2, 0.25) is 0 Å². The van der Waals surface area contributed by atoms with Crippen molar-refractivity contribution in [2.45, 2.75) is 13.1 Å². The van der Waals surface area contributed by atoms with Gasteiger partial charge in [-0.1, -0.05) is 17.9 Å². The lowest BCUT2D eigenvalue weighted by atomic mass is 10.2. The molecule has 0 atom stereocenters. The summed E-state index contributed by atoms with van der Waals surface area (Å²) in [5.41, 5.74) is 7.72. The van der Waals surface area contributed by atoms with Gasteiger partial charge in [0.05, 0.1) is 6.54 Å². The third-order valence-corrected chi connectivity index (χ3v) is 3.57. The molecule has 2 N–H and O–H groups in total. The molecule has 19 heavy (non-hydrogen) atoms. The maximum atomic E-state index is 5.41. The predicted octanol–water partition coefficient (Wildman–Crippen LogP) is 2.09. The summed E-state index contributed by atoms with van der Waals surface area (Å²) in [6.45, 7) is 2.18. The molecule has 0 radical (unpaired) electrons. The van der Waals surface area contributed by atoms with E-state index in [1.165, 1.54) is 10.4 Å². The molecule has 0 unspecified atom stereocenters. The molecule has 0 aliphatic carbocycles. The quantitative estimate of drug-likeness (QED) is 0.866. The second-order valence-electron chi connectivity index (χ2n) is 4.30. The van der Waals surface area contributed by atoms with Crippen LogP contribution in [0.5, 0.6) is 0 Å². The van der Waals surface area contributed by atoms with Crippen molar-refractivity contribution in [1.29, 1.82) is 0 Å². The summed E-state index contributed by atoms with van der Waals surface area (Å²) in [7, 11) is 2.10. The highest BCUT2D eigenvalue weighted by molar-refractivity contribution is 7.10. The maximum Gasteiger partial charge on any atom is 0.0555 e. The van der Waals surface area contributed by atoms with E-state index in [1.807, 2.05) is 12.3 Å². The van der Waals surface area contributed by atoms with E-state index in [9.17, 15) is 0 Å². The molecule has 2 aromatic heterocycles. The Bertz CT molecular complexity index is 566. The predicted molar refractivity (Wildman–Crippen MR) is 79.7 cm³/mol. The van der Waals surface area contributed by atoms with Crippen molar-refractivity contribution in [2.75, 3.05) is 13.6 Å². The van der Waals surface area contributed by atoms with Gasteiger partial charge in [-0.3, -0.25) is 9.88 Å². The number of thiophene rings is 1. The van der Waals surface area contributed by atoms with Crippen molar-refractivity contribution in [3.05, 3.63) is 52.0 Å². The molecule has 0 aliphatic heterocycles. The zero-order chi connectivity index (χ0) is 13.5. The summed E-state index contributed by atoms with van der Waals surface area (Å²) < 4.78 is 0. The van der Waals surface area contributed by atoms with E-state index in [-0.39, 0.29) is 0 Å². The van der Waals surface area contributed by atoms with Crippen molar-refractivity contribution in [1.82, 2.24) is 9.88 Å². The average molecular weight is 271 g/mol. The van der Waals surface area contributed by atoms with Gasteiger partial charge in [0.1, 0.15) is 0 Å². The van der Waals surface area contributed by atoms with Gasteiger partial charge in [0.25, 0.3) is 0 Å². The SMILES string of the molecule is CN(Cc1cccnc1)Cc1sccc1C#CCN. The molecular formula is C15H17N3S. The van der Waals surface area contributed by atoms with Gasteiger partial charge >= 0.3 is 0 Å². The standard InChI is InChI=1S/C15H17N3S/c1-18(11-13-4-3-8-17-10-13)12-15-14(5-2-7-16)6-9-19-15/h3-4,6,8-10H,7,11-12,16H2,1H3. The van der Waals surface area contributed by atoms with Crippen LogP contribution in [-0.4, -0.2) is 23.5 Å². The molecule has 2 aromatic rings. The molecule has 0 spiro atoms. The topological polar surface area (TPSA) is 42.2 Å². The summed E-state index contributed by atoms with van der Waals surface area (Å²) in [5.74, 6) is 6.03. The molecule has 2 rings (SSSR count). The van der Waals surface area contributed by atoms with Crippen LogP contribution in [0.25, 0.3) is 0 Å². The van der Waals surface area contributed by atoms with Crippen molar-refractivity contribution in [2.24, 2.45) is 5.73 Å². The van der Waals surface area contributed by atoms with E-state index in [1.54, 1.807) is 17.5 Å². The average Bonchev–Trinajstić information content (AvgIpc) is 2.84. The summed E-state index contributed by atoms with van der Waals surface area (Å²) in [4.78, 5) is 7.68. The number of hydrogen-bond acceptors (Lipinski definition) is 4. The van der Waals surface area contributed by atoms with Crippen LogP contribution < -0.4 is 5.73 Å². The van der Waals surface area contributed by atoms with Gasteiger partial charge in [-0.2, -0.15) is 0 Å². The first kappa shape index (κ1) is 13.8. The minimum atomic E-state index is 0.404. The van der Waals surface area contributed by atoms with E-state index < -0.39 is 0 Å². The van der Waals surface area contributed by atoms with E-state index in [2.05, 4.69) is 46.3 Å².